The summed E-state index contributed by atoms with van der Waals surface area (Å²) in [5.74, 6) is 0. The highest BCUT2D eigenvalue weighted by Crippen LogP contribution is 2.13. The molecule has 0 radical (unpaired) electrons. The van der Waals surface area contributed by atoms with Crippen LogP contribution >= 0.6 is 0 Å². The van der Waals surface area contributed by atoms with Crippen LogP contribution in [-0.2, 0) is 11.3 Å². The van der Waals surface area contributed by atoms with Crippen LogP contribution in [0.3, 0.4) is 0 Å². The normalized spacial score (nSPS) is 15.0. The van der Waals surface area contributed by atoms with Crippen LogP contribution in [0.2, 0.25) is 0 Å². The van der Waals surface area contributed by atoms with Crippen molar-refractivity contribution in [3.63, 3.8) is 0 Å². The summed E-state index contributed by atoms with van der Waals surface area (Å²) in [7, 11) is 0. The Morgan fingerprint density at radius 3 is 2.50 bits per heavy atom. The fourth-order valence-electron chi connectivity index (χ4n) is 3.16. The number of hydrogen-bond acceptors (Lipinski definition) is 4. The number of carbonyl (C=O) groups excluding carboxylic acids is 2. The first-order valence-electron chi connectivity index (χ1n) is 9.74. The molecule has 2 aromatic rings. The van der Waals surface area contributed by atoms with Gasteiger partial charge >= 0.3 is 12.1 Å². The number of carbonyl (C=O) groups is 2. The van der Waals surface area contributed by atoms with Gasteiger partial charge in [0.25, 0.3) is 0 Å². The van der Waals surface area contributed by atoms with Crippen molar-refractivity contribution in [2.75, 3.05) is 32.7 Å². The summed E-state index contributed by atoms with van der Waals surface area (Å²) in [6.45, 7) is 8.94. The standard InChI is InChI=1S/C20H29N5O3/c1-20(2,3)28-19(27)24-13-11-23(12-14-24)18(26)21-9-6-10-25-15-22-16-7-4-5-8-17(16)25/h4-5,7-8,15H,6,9-14H2,1-3H3,(H,21,26). The summed E-state index contributed by atoms with van der Waals surface area (Å²) in [4.78, 5) is 32.2. The van der Waals surface area contributed by atoms with Gasteiger partial charge in [0.15, 0.2) is 0 Å². The molecule has 3 rings (SSSR count). The first kappa shape index (κ1) is 20.0. The Bertz CT molecular complexity index is 819. The van der Waals surface area contributed by atoms with Crippen molar-refractivity contribution in [1.82, 2.24) is 24.7 Å². The minimum atomic E-state index is -0.508. The Labute approximate surface area is 165 Å². The van der Waals surface area contributed by atoms with Gasteiger partial charge in [-0.1, -0.05) is 12.1 Å². The fraction of sp³-hybridized carbons (Fsp3) is 0.550. The van der Waals surface area contributed by atoms with Gasteiger partial charge in [0, 0.05) is 39.3 Å². The van der Waals surface area contributed by atoms with E-state index in [1.807, 2.05) is 51.4 Å². The molecule has 0 aliphatic carbocycles. The van der Waals surface area contributed by atoms with E-state index in [0.29, 0.717) is 32.7 Å². The molecule has 152 valence electrons. The predicted molar refractivity (Wildman–Crippen MR) is 107 cm³/mol. The van der Waals surface area contributed by atoms with Crippen molar-refractivity contribution >= 4 is 23.2 Å². The highest BCUT2D eigenvalue weighted by Gasteiger charge is 2.27. The lowest BCUT2D eigenvalue weighted by Crippen LogP contribution is -2.54. The van der Waals surface area contributed by atoms with E-state index in [-0.39, 0.29) is 12.1 Å². The van der Waals surface area contributed by atoms with Crippen LogP contribution in [0.4, 0.5) is 9.59 Å². The predicted octanol–water partition coefficient (Wildman–Crippen LogP) is 2.69. The third-order valence-corrected chi connectivity index (χ3v) is 4.60. The van der Waals surface area contributed by atoms with E-state index < -0.39 is 5.60 Å². The van der Waals surface area contributed by atoms with E-state index in [4.69, 9.17) is 4.74 Å². The molecule has 1 aliphatic rings. The van der Waals surface area contributed by atoms with Crippen LogP contribution in [0, 0.1) is 0 Å². The zero-order valence-corrected chi connectivity index (χ0v) is 16.9. The number of nitrogens with zero attached hydrogens (tertiary/aromatic N) is 4. The molecule has 0 spiro atoms. The van der Waals surface area contributed by atoms with E-state index in [1.54, 1.807) is 9.80 Å². The second kappa shape index (κ2) is 8.50. The number of nitrogens with one attached hydrogen (secondary N) is 1. The van der Waals surface area contributed by atoms with Crippen LogP contribution in [0.5, 0.6) is 0 Å². The lowest BCUT2D eigenvalue weighted by atomic mass is 10.2. The van der Waals surface area contributed by atoms with E-state index in [0.717, 1.165) is 24.0 Å². The number of piperazine rings is 1. The van der Waals surface area contributed by atoms with Crippen molar-refractivity contribution in [1.29, 1.82) is 0 Å². The first-order chi connectivity index (χ1) is 13.3. The smallest absolute Gasteiger partial charge is 0.410 e. The van der Waals surface area contributed by atoms with E-state index in [1.165, 1.54) is 0 Å². The van der Waals surface area contributed by atoms with Crippen LogP contribution in [0.15, 0.2) is 30.6 Å². The Kier molecular flexibility index (Phi) is 6.06. The number of ether oxygens (including phenoxy) is 1. The van der Waals surface area contributed by atoms with Gasteiger partial charge in [0.05, 0.1) is 17.4 Å². The average Bonchev–Trinajstić information content (AvgIpc) is 3.07. The SMILES string of the molecule is CC(C)(C)OC(=O)N1CCN(C(=O)NCCCn2cnc3ccccc32)CC1. The molecule has 1 aromatic carbocycles. The number of hydrogen-bond donors (Lipinski definition) is 1. The Morgan fingerprint density at radius 1 is 1.11 bits per heavy atom. The second-order valence-electron chi connectivity index (χ2n) is 7.97. The molecule has 3 amide bonds. The topological polar surface area (TPSA) is 79.7 Å². The molecule has 1 fully saturated rings. The van der Waals surface area contributed by atoms with Crippen molar-refractivity contribution in [2.24, 2.45) is 0 Å². The lowest BCUT2D eigenvalue weighted by molar-refractivity contribution is 0.0170. The summed E-state index contributed by atoms with van der Waals surface area (Å²) in [6, 6.07) is 7.93. The van der Waals surface area contributed by atoms with Gasteiger partial charge < -0.3 is 24.4 Å². The van der Waals surface area contributed by atoms with Gasteiger partial charge in [0.1, 0.15) is 5.60 Å². The quantitative estimate of drug-likeness (QED) is 0.818. The maximum atomic E-state index is 12.3. The number of benzene rings is 1. The van der Waals surface area contributed by atoms with Gasteiger partial charge in [-0.15, -0.1) is 0 Å². The van der Waals surface area contributed by atoms with Gasteiger partial charge in [0.2, 0.25) is 0 Å². The van der Waals surface area contributed by atoms with Crippen LogP contribution in [0.1, 0.15) is 27.2 Å². The number of amides is 3. The molecular weight excluding hydrogens is 358 g/mol. The van der Waals surface area contributed by atoms with Gasteiger partial charge in [-0.25, -0.2) is 14.6 Å². The van der Waals surface area contributed by atoms with Crippen molar-refractivity contribution < 1.29 is 14.3 Å². The maximum absolute atomic E-state index is 12.3. The molecule has 1 N–H and O–H groups in total. The molecule has 1 saturated heterocycles. The van der Waals surface area contributed by atoms with E-state index in [9.17, 15) is 9.59 Å². The summed E-state index contributed by atoms with van der Waals surface area (Å²) < 4.78 is 7.48. The molecule has 0 bridgehead atoms. The zero-order valence-electron chi connectivity index (χ0n) is 16.9. The summed E-state index contributed by atoms with van der Waals surface area (Å²) in [5, 5.41) is 2.96. The van der Waals surface area contributed by atoms with Crippen LogP contribution in [-0.4, -0.2) is 69.8 Å². The molecule has 0 saturated carbocycles. The number of aromatic nitrogens is 2. The average molecular weight is 387 g/mol. The minimum absolute atomic E-state index is 0.0840. The second-order valence-corrected chi connectivity index (χ2v) is 7.97. The maximum Gasteiger partial charge on any atom is 0.410 e. The lowest BCUT2D eigenvalue weighted by Gasteiger charge is -2.35. The zero-order chi connectivity index (χ0) is 20.1. The van der Waals surface area contributed by atoms with Crippen LogP contribution in [0.25, 0.3) is 11.0 Å². The summed E-state index contributed by atoms with van der Waals surface area (Å²) in [6.07, 6.45) is 2.34. The number of para-hydroxylation sites is 2. The Hall–Kier alpha value is -2.77. The minimum Gasteiger partial charge on any atom is -0.444 e. The number of aryl methyl sites for hydroxylation is 1. The third-order valence-electron chi connectivity index (χ3n) is 4.60. The number of rotatable bonds is 4. The van der Waals surface area contributed by atoms with Gasteiger partial charge in [-0.2, -0.15) is 0 Å². The van der Waals surface area contributed by atoms with E-state index in [2.05, 4.69) is 14.9 Å². The molecule has 1 aliphatic heterocycles. The monoisotopic (exact) mass is 387 g/mol. The summed E-state index contributed by atoms with van der Waals surface area (Å²) in [5.41, 5.74) is 1.58. The first-order valence-corrected chi connectivity index (χ1v) is 9.74. The number of fused-ring (bicyclic) bond motifs is 1. The Balaban J connectivity index is 1.37. The van der Waals surface area contributed by atoms with Gasteiger partial charge in [-0.05, 0) is 39.3 Å². The third kappa shape index (κ3) is 5.15. The molecule has 0 unspecified atom stereocenters. The fourth-order valence-corrected chi connectivity index (χ4v) is 3.16. The van der Waals surface area contributed by atoms with Crippen molar-refractivity contribution in [2.45, 2.75) is 39.3 Å². The summed E-state index contributed by atoms with van der Waals surface area (Å²) >= 11 is 0. The molecular formula is C20H29N5O3. The van der Waals surface area contributed by atoms with E-state index >= 15 is 0 Å². The van der Waals surface area contributed by atoms with Crippen molar-refractivity contribution in [3.05, 3.63) is 30.6 Å². The molecule has 8 heteroatoms. The molecule has 2 heterocycles. The highest BCUT2D eigenvalue weighted by molar-refractivity contribution is 5.75. The van der Waals surface area contributed by atoms with Crippen molar-refractivity contribution in [3.8, 4) is 0 Å². The van der Waals surface area contributed by atoms with Crippen LogP contribution < -0.4 is 5.32 Å². The Morgan fingerprint density at radius 2 is 1.79 bits per heavy atom. The molecule has 28 heavy (non-hydrogen) atoms. The largest absolute Gasteiger partial charge is 0.444 e. The van der Waals surface area contributed by atoms with Gasteiger partial charge in [-0.3, -0.25) is 0 Å². The highest BCUT2D eigenvalue weighted by atomic mass is 16.6. The molecule has 8 nitrogen and oxygen atoms in total. The number of urea groups is 1. The molecule has 0 atom stereocenters. The molecule has 1 aromatic heterocycles. The number of imidazole rings is 1.